The summed E-state index contributed by atoms with van der Waals surface area (Å²) in [5, 5.41) is 8.55. The maximum Gasteiger partial charge on any atom is 0.311 e. The van der Waals surface area contributed by atoms with Crippen molar-refractivity contribution < 1.29 is 19.4 Å². The molecule has 1 rings (SSSR count). The summed E-state index contributed by atoms with van der Waals surface area (Å²) in [7, 11) is 0. The van der Waals surface area contributed by atoms with Crippen LogP contribution in [-0.2, 0) is 16.0 Å². The van der Waals surface area contributed by atoms with Gasteiger partial charge in [0.15, 0.2) is 0 Å². The van der Waals surface area contributed by atoms with Crippen LogP contribution in [0, 0.1) is 0 Å². The first kappa shape index (κ1) is 21.2. The molecule has 0 aliphatic heterocycles. The molecule has 1 aromatic rings. The number of hydrogen-bond acceptors (Lipinski definition) is 3. The number of ether oxygens (including phenoxy) is 1. The largest absolute Gasteiger partial charge is 0.481 e. The van der Waals surface area contributed by atoms with E-state index in [2.05, 4.69) is 6.92 Å². The summed E-state index contributed by atoms with van der Waals surface area (Å²) in [5.74, 6) is -0.568. The van der Waals surface area contributed by atoms with Gasteiger partial charge >= 0.3 is 11.9 Å². The number of carboxylic acid groups (broad SMARTS) is 1. The molecule has 0 unspecified atom stereocenters. The Balaban J connectivity index is 2.16. The van der Waals surface area contributed by atoms with Gasteiger partial charge in [-0.1, -0.05) is 57.6 Å². The van der Waals surface area contributed by atoms with E-state index >= 15 is 0 Å². The Bertz CT molecular complexity index is 493. The molecule has 1 N–H and O–H groups in total. The normalized spacial score (nSPS) is 10.6. The summed E-state index contributed by atoms with van der Waals surface area (Å²) >= 11 is 0. The van der Waals surface area contributed by atoms with Gasteiger partial charge in [-0.3, -0.25) is 9.59 Å². The highest BCUT2D eigenvalue weighted by Crippen LogP contribution is 2.16. The van der Waals surface area contributed by atoms with Crippen LogP contribution in [0.5, 0.6) is 5.75 Å². The maximum atomic E-state index is 11.7. The molecule has 0 aliphatic rings. The molecule has 0 aromatic heterocycles. The lowest BCUT2D eigenvalue weighted by atomic mass is 10.0. The van der Waals surface area contributed by atoms with Crippen LogP contribution in [-0.4, -0.2) is 17.0 Å². The Morgan fingerprint density at radius 3 is 2.08 bits per heavy atom. The van der Waals surface area contributed by atoms with Gasteiger partial charge in [-0.2, -0.15) is 0 Å². The van der Waals surface area contributed by atoms with Crippen molar-refractivity contribution in [1.29, 1.82) is 0 Å². The van der Waals surface area contributed by atoms with Crippen LogP contribution in [0.15, 0.2) is 24.3 Å². The lowest BCUT2D eigenvalue weighted by Crippen LogP contribution is -2.08. The summed E-state index contributed by atoms with van der Waals surface area (Å²) in [4.78, 5) is 22.1. The fraction of sp³-hybridized carbons (Fsp3) is 0.619. The molecule has 4 heteroatoms. The molecular weight excluding hydrogens is 316 g/mol. The second kappa shape index (κ2) is 13.5. The van der Waals surface area contributed by atoms with Gasteiger partial charge in [0.2, 0.25) is 0 Å². The van der Waals surface area contributed by atoms with Crippen molar-refractivity contribution in [2.45, 2.75) is 84.0 Å². The zero-order valence-corrected chi connectivity index (χ0v) is 15.5. The Morgan fingerprint density at radius 1 is 0.840 bits per heavy atom. The summed E-state index contributed by atoms with van der Waals surface area (Å²) in [5.41, 5.74) is 1.27. The van der Waals surface area contributed by atoms with Gasteiger partial charge in [0.1, 0.15) is 5.75 Å². The third-order valence-corrected chi connectivity index (χ3v) is 4.25. The lowest BCUT2D eigenvalue weighted by Gasteiger charge is -2.06. The van der Waals surface area contributed by atoms with Crippen molar-refractivity contribution in [2.75, 3.05) is 0 Å². The predicted octanol–water partition coefficient (Wildman–Crippen LogP) is 5.53. The highest BCUT2D eigenvalue weighted by Gasteiger charge is 2.06. The topological polar surface area (TPSA) is 63.6 Å². The van der Waals surface area contributed by atoms with Crippen LogP contribution in [0.3, 0.4) is 0 Å². The van der Waals surface area contributed by atoms with Crippen LogP contribution in [0.1, 0.15) is 83.1 Å². The van der Waals surface area contributed by atoms with Crippen LogP contribution in [0.25, 0.3) is 0 Å². The van der Waals surface area contributed by atoms with E-state index < -0.39 is 5.97 Å². The van der Waals surface area contributed by atoms with Crippen molar-refractivity contribution >= 4 is 11.9 Å². The average Bonchev–Trinajstić information content (AvgIpc) is 2.59. The van der Waals surface area contributed by atoms with E-state index in [9.17, 15) is 9.59 Å². The molecule has 0 fully saturated rings. The second-order valence-electron chi connectivity index (χ2n) is 6.59. The number of carbonyl (C=O) groups is 2. The Kier molecular flexibility index (Phi) is 11.4. The minimum Gasteiger partial charge on any atom is -0.481 e. The van der Waals surface area contributed by atoms with Gasteiger partial charge in [-0.05, 0) is 43.4 Å². The number of rotatable bonds is 14. The van der Waals surface area contributed by atoms with E-state index in [4.69, 9.17) is 9.84 Å². The molecule has 1 aromatic carbocycles. The Labute approximate surface area is 151 Å². The average molecular weight is 348 g/mol. The molecule has 0 aliphatic carbocycles. The van der Waals surface area contributed by atoms with Crippen LogP contribution in [0.2, 0.25) is 0 Å². The van der Waals surface area contributed by atoms with Crippen molar-refractivity contribution in [1.82, 2.24) is 0 Å². The zero-order chi connectivity index (χ0) is 18.3. The third-order valence-electron chi connectivity index (χ3n) is 4.25. The van der Waals surface area contributed by atoms with Crippen LogP contribution in [0.4, 0.5) is 0 Å². The molecule has 0 atom stereocenters. The van der Waals surface area contributed by atoms with Crippen molar-refractivity contribution in [3.8, 4) is 5.75 Å². The predicted molar refractivity (Wildman–Crippen MR) is 99.9 cm³/mol. The number of benzene rings is 1. The Hall–Kier alpha value is -1.84. The fourth-order valence-corrected chi connectivity index (χ4v) is 2.74. The summed E-state index contributed by atoms with van der Waals surface area (Å²) in [6, 6.07) is 7.71. The highest BCUT2D eigenvalue weighted by atomic mass is 16.5. The van der Waals surface area contributed by atoms with Gasteiger partial charge in [0.25, 0.3) is 0 Å². The molecule has 0 saturated carbocycles. The van der Waals surface area contributed by atoms with Gasteiger partial charge in [0.05, 0.1) is 0 Å². The third kappa shape index (κ3) is 11.4. The molecule has 140 valence electrons. The van der Waals surface area contributed by atoms with E-state index in [1.165, 1.54) is 50.5 Å². The lowest BCUT2D eigenvalue weighted by molar-refractivity contribution is -0.138. The van der Waals surface area contributed by atoms with Gasteiger partial charge in [0, 0.05) is 12.8 Å². The number of aliphatic carboxylic acids is 1. The zero-order valence-electron chi connectivity index (χ0n) is 15.5. The fourth-order valence-electron chi connectivity index (χ4n) is 2.74. The first-order valence-corrected chi connectivity index (χ1v) is 9.63. The first-order chi connectivity index (χ1) is 12.1. The summed E-state index contributed by atoms with van der Waals surface area (Å²) < 4.78 is 5.27. The van der Waals surface area contributed by atoms with Crippen LogP contribution < -0.4 is 4.74 Å². The molecular formula is C21H32O4. The molecule has 0 heterocycles. The summed E-state index contributed by atoms with van der Waals surface area (Å²) in [6.07, 6.45) is 11.6. The Morgan fingerprint density at radius 2 is 1.44 bits per heavy atom. The van der Waals surface area contributed by atoms with E-state index in [1.54, 1.807) is 0 Å². The molecule has 0 radical (unpaired) electrons. The second-order valence-corrected chi connectivity index (χ2v) is 6.59. The summed E-state index contributed by atoms with van der Waals surface area (Å²) in [6.45, 7) is 2.24. The van der Waals surface area contributed by atoms with E-state index in [0.717, 1.165) is 6.42 Å². The van der Waals surface area contributed by atoms with Crippen molar-refractivity contribution in [3.05, 3.63) is 29.8 Å². The number of aryl methyl sites for hydroxylation is 1. The number of carbonyl (C=O) groups excluding carboxylic acids is 1. The SMILES string of the molecule is CCCCCCCCCc1ccc(OC(=O)CCCCC(=O)O)cc1. The van der Waals surface area contributed by atoms with Crippen molar-refractivity contribution in [3.63, 3.8) is 0 Å². The van der Waals surface area contributed by atoms with Crippen molar-refractivity contribution in [2.24, 2.45) is 0 Å². The molecule has 4 nitrogen and oxygen atoms in total. The maximum absolute atomic E-state index is 11.7. The number of unbranched alkanes of at least 4 members (excludes halogenated alkanes) is 7. The van der Waals surface area contributed by atoms with E-state index in [-0.39, 0.29) is 18.8 Å². The van der Waals surface area contributed by atoms with E-state index in [0.29, 0.717) is 18.6 Å². The van der Waals surface area contributed by atoms with Crippen LogP contribution >= 0.6 is 0 Å². The number of carboxylic acids is 1. The smallest absolute Gasteiger partial charge is 0.311 e. The van der Waals surface area contributed by atoms with E-state index in [1.807, 2.05) is 24.3 Å². The number of hydrogen-bond donors (Lipinski definition) is 1. The van der Waals surface area contributed by atoms with Gasteiger partial charge in [-0.25, -0.2) is 0 Å². The number of esters is 1. The monoisotopic (exact) mass is 348 g/mol. The van der Waals surface area contributed by atoms with Gasteiger partial charge in [-0.15, -0.1) is 0 Å². The standard InChI is InChI=1S/C21H32O4/c1-2-3-4-5-6-7-8-11-18-14-16-19(17-15-18)25-21(24)13-10-9-12-20(22)23/h14-17H,2-13H2,1H3,(H,22,23). The van der Waals surface area contributed by atoms with Gasteiger partial charge < -0.3 is 9.84 Å². The molecule has 0 amide bonds. The minimum absolute atomic E-state index is 0.0978. The first-order valence-electron chi connectivity index (χ1n) is 9.63. The highest BCUT2D eigenvalue weighted by molar-refractivity contribution is 5.72. The molecule has 0 spiro atoms. The minimum atomic E-state index is -0.829. The molecule has 25 heavy (non-hydrogen) atoms. The quantitative estimate of drug-likeness (QED) is 0.273. The molecule has 0 bridgehead atoms. The molecule has 0 saturated heterocycles.